The summed E-state index contributed by atoms with van der Waals surface area (Å²) in [5, 5.41) is 2.17. The lowest BCUT2D eigenvalue weighted by atomic mass is 10.2. The predicted octanol–water partition coefficient (Wildman–Crippen LogP) is 3.53. The highest BCUT2D eigenvalue weighted by Crippen LogP contribution is 2.17. The number of thiophene rings is 1. The number of hydrogen-bond donors (Lipinski definition) is 0. The van der Waals surface area contributed by atoms with Crippen LogP contribution < -0.4 is 0 Å². The minimum atomic E-state index is 0.479. The molecule has 1 atom stereocenters. The van der Waals surface area contributed by atoms with Crippen LogP contribution >= 0.6 is 11.3 Å². The molecule has 1 aromatic heterocycles. The van der Waals surface area contributed by atoms with Gasteiger partial charge in [0.1, 0.15) is 0 Å². The smallest absolute Gasteiger partial charge is 0.0702 e. The first-order valence-corrected chi connectivity index (χ1v) is 7.63. The van der Waals surface area contributed by atoms with Crippen molar-refractivity contribution in [2.45, 2.75) is 45.3 Å². The van der Waals surface area contributed by atoms with Crippen LogP contribution in [0.3, 0.4) is 0 Å². The van der Waals surface area contributed by atoms with Crippen molar-refractivity contribution in [2.24, 2.45) is 0 Å². The standard InChI is InChI=1S/C14H23NOS/c1-2-3-8-15(11-13-6-4-9-16-13)12-14-7-5-10-17-14/h5,7,10,13H,2-4,6,8-9,11-12H2,1H3. The van der Waals surface area contributed by atoms with Gasteiger partial charge in [-0.25, -0.2) is 0 Å². The Labute approximate surface area is 109 Å². The Kier molecular flexibility index (Phi) is 5.49. The summed E-state index contributed by atoms with van der Waals surface area (Å²) >= 11 is 1.86. The molecule has 17 heavy (non-hydrogen) atoms. The second-order valence-electron chi connectivity index (χ2n) is 4.80. The third-order valence-electron chi connectivity index (χ3n) is 3.27. The number of unbranched alkanes of at least 4 members (excludes halogenated alkanes) is 1. The molecule has 1 aromatic rings. The number of nitrogens with zero attached hydrogens (tertiary/aromatic N) is 1. The van der Waals surface area contributed by atoms with Gasteiger partial charge in [0, 0.05) is 24.6 Å². The first-order chi connectivity index (χ1) is 8.38. The van der Waals surface area contributed by atoms with Gasteiger partial charge in [-0.2, -0.15) is 0 Å². The van der Waals surface area contributed by atoms with Crippen LogP contribution in [0.4, 0.5) is 0 Å². The minimum Gasteiger partial charge on any atom is -0.377 e. The van der Waals surface area contributed by atoms with Gasteiger partial charge < -0.3 is 4.74 Å². The maximum Gasteiger partial charge on any atom is 0.0702 e. The summed E-state index contributed by atoms with van der Waals surface area (Å²) in [4.78, 5) is 4.03. The lowest BCUT2D eigenvalue weighted by molar-refractivity contribution is 0.0704. The van der Waals surface area contributed by atoms with Crippen LogP contribution in [0.25, 0.3) is 0 Å². The van der Waals surface area contributed by atoms with Gasteiger partial charge in [-0.15, -0.1) is 11.3 Å². The van der Waals surface area contributed by atoms with Gasteiger partial charge in [0.25, 0.3) is 0 Å². The van der Waals surface area contributed by atoms with E-state index in [1.807, 2.05) is 11.3 Å². The summed E-state index contributed by atoms with van der Waals surface area (Å²) in [5.74, 6) is 0. The quantitative estimate of drug-likeness (QED) is 0.737. The van der Waals surface area contributed by atoms with Gasteiger partial charge in [0.05, 0.1) is 6.10 Å². The molecule has 0 bridgehead atoms. The van der Waals surface area contributed by atoms with Crippen molar-refractivity contribution in [3.05, 3.63) is 22.4 Å². The highest BCUT2D eigenvalue weighted by atomic mass is 32.1. The molecule has 1 fully saturated rings. The maximum atomic E-state index is 5.74. The molecule has 0 amide bonds. The molecule has 3 heteroatoms. The van der Waals surface area contributed by atoms with Gasteiger partial charge in [0.2, 0.25) is 0 Å². The van der Waals surface area contributed by atoms with Crippen LogP contribution in [0.5, 0.6) is 0 Å². The van der Waals surface area contributed by atoms with E-state index < -0.39 is 0 Å². The SMILES string of the molecule is CCCCN(Cc1cccs1)CC1CCCO1. The lowest BCUT2D eigenvalue weighted by Gasteiger charge is -2.24. The van der Waals surface area contributed by atoms with Crippen molar-refractivity contribution in [3.63, 3.8) is 0 Å². The fraction of sp³-hybridized carbons (Fsp3) is 0.714. The van der Waals surface area contributed by atoms with Gasteiger partial charge in [-0.3, -0.25) is 4.90 Å². The zero-order valence-electron chi connectivity index (χ0n) is 10.7. The van der Waals surface area contributed by atoms with Gasteiger partial charge >= 0.3 is 0 Å². The van der Waals surface area contributed by atoms with Crippen LogP contribution in [-0.4, -0.2) is 30.7 Å². The Hall–Kier alpha value is -0.380. The molecule has 2 heterocycles. The Morgan fingerprint density at radius 1 is 1.53 bits per heavy atom. The molecule has 0 radical (unpaired) electrons. The van der Waals surface area contributed by atoms with Crippen LogP contribution in [0.15, 0.2) is 17.5 Å². The normalized spacial score (nSPS) is 20.2. The van der Waals surface area contributed by atoms with Crippen LogP contribution in [0, 0.1) is 0 Å². The van der Waals surface area contributed by atoms with Crippen LogP contribution in [0.1, 0.15) is 37.5 Å². The Morgan fingerprint density at radius 3 is 3.12 bits per heavy atom. The van der Waals surface area contributed by atoms with Gasteiger partial charge in [-0.05, 0) is 37.3 Å². The Balaban J connectivity index is 1.83. The minimum absolute atomic E-state index is 0.479. The van der Waals surface area contributed by atoms with E-state index in [-0.39, 0.29) is 0 Å². The second kappa shape index (κ2) is 7.14. The highest BCUT2D eigenvalue weighted by Gasteiger charge is 2.19. The molecule has 0 spiro atoms. The Morgan fingerprint density at radius 2 is 2.47 bits per heavy atom. The molecule has 2 rings (SSSR count). The molecule has 0 saturated carbocycles. The van der Waals surface area contributed by atoms with E-state index in [4.69, 9.17) is 4.74 Å². The molecule has 1 unspecified atom stereocenters. The molecule has 2 nitrogen and oxygen atoms in total. The molecule has 96 valence electrons. The summed E-state index contributed by atoms with van der Waals surface area (Å²) in [6.45, 7) is 6.63. The topological polar surface area (TPSA) is 12.5 Å². The summed E-state index contributed by atoms with van der Waals surface area (Å²) < 4.78 is 5.74. The molecule has 1 aliphatic rings. The van der Waals surface area contributed by atoms with Crippen molar-refractivity contribution in [1.29, 1.82) is 0 Å². The fourth-order valence-electron chi connectivity index (χ4n) is 2.32. The fourth-order valence-corrected chi connectivity index (χ4v) is 3.06. The number of rotatable bonds is 7. The average Bonchev–Trinajstić information content (AvgIpc) is 2.99. The summed E-state index contributed by atoms with van der Waals surface area (Å²) in [6, 6.07) is 4.38. The maximum absolute atomic E-state index is 5.74. The zero-order chi connectivity index (χ0) is 11.9. The number of hydrogen-bond acceptors (Lipinski definition) is 3. The third-order valence-corrected chi connectivity index (χ3v) is 4.13. The highest BCUT2D eigenvalue weighted by molar-refractivity contribution is 7.09. The largest absolute Gasteiger partial charge is 0.377 e. The van der Waals surface area contributed by atoms with Gasteiger partial charge in [0.15, 0.2) is 0 Å². The van der Waals surface area contributed by atoms with E-state index in [0.29, 0.717) is 6.10 Å². The first-order valence-electron chi connectivity index (χ1n) is 6.75. The monoisotopic (exact) mass is 253 g/mol. The van der Waals surface area contributed by atoms with E-state index >= 15 is 0 Å². The van der Waals surface area contributed by atoms with E-state index in [2.05, 4.69) is 29.3 Å². The summed E-state index contributed by atoms with van der Waals surface area (Å²) in [6.07, 6.45) is 5.52. The molecular formula is C14H23NOS. The van der Waals surface area contributed by atoms with Crippen LogP contribution in [-0.2, 0) is 11.3 Å². The van der Waals surface area contributed by atoms with Gasteiger partial charge in [-0.1, -0.05) is 19.4 Å². The zero-order valence-corrected chi connectivity index (χ0v) is 11.5. The molecule has 0 N–H and O–H groups in total. The molecule has 1 aliphatic heterocycles. The third kappa shape index (κ3) is 4.41. The van der Waals surface area contributed by atoms with Crippen molar-refractivity contribution in [3.8, 4) is 0 Å². The Bertz CT molecular complexity index is 293. The van der Waals surface area contributed by atoms with Crippen molar-refractivity contribution in [2.75, 3.05) is 19.7 Å². The van der Waals surface area contributed by atoms with E-state index in [9.17, 15) is 0 Å². The molecule has 0 aliphatic carbocycles. The van der Waals surface area contributed by atoms with E-state index in [1.54, 1.807) is 0 Å². The van der Waals surface area contributed by atoms with Crippen molar-refractivity contribution in [1.82, 2.24) is 4.90 Å². The molecule has 1 saturated heterocycles. The van der Waals surface area contributed by atoms with E-state index in [0.717, 1.165) is 19.7 Å². The molecule has 0 aromatic carbocycles. The summed E-state index contributed by atoms with van der Waals surface area (Å²) in [5.41, 5.74) is 0. The second-order valence-corrected chi connectivity index (χ2v) is 5.84. The summed E-state index contributed by atoms with van der Waals surface area (Å²) in [7, 11) is 0. The average molecular weight is 253 g/mol. The number of ether oxygens (including phenoxy) is 1. The van der Waals surface area contributed by atoms with Crippen molar-refractivity contribution >= 4 is 11.3 Å². The van der Waals surface area contributed by atoms with Crippen molar-refractivity contribution < 1.29 is 4.74 Å². The lowest BCUT2D eigenvalue weighted by Crippen LogP contribution is -2.32. The van der Waals surface area contributed by atoms with Crippen LogP contribution in [0.2, 0.25) is 0 Å². The first kappa shape index (κ1) is 13.1. The molecular weight excluding hydrogens is 230 g/mol. The predicted molar refractivity (Wildman–Crippen MR) is 73.5 cm³/mol. The van der Waals surface area contributed by atoms with E-state index in [1.165, 1.54) is 37.1 Å².